The fraction of sp³-hybridized carbons (Fsp3) is 0.385. The number of hydrogen-bond acceptors (Lipinski definition) is 5. The number of aromatic nitrogens is 3. The SMILES string of the molecule is CN(C)c1nc(NCC2CCC(NCc3c[nH]c4ccc(Br)cc34)CC2)nc2ccccc12. The molecule has 5 rings (SSSR count). The van der Waals surface area contributed by atoms with E-state index >= 15 is 0 Å². The molecule has 0 amide bonds. The molecule has 7 heteroatoms. The summed E-state index contributed by atoms with van der Waals surface area (Å²) in [6.45, 7) is 1.83. The second-order valence-electron chi connectivity index (χ2n) is 9.27. The van der Waals surface area contributed by atoms with E-state index in [0.29, 0.717) is 12.0 Å². The van der Waals surface area contributed by atoms with Crippen molar-refractivity contribution in [1.29, 1.82) is 0 Å². The average molecular weight is 507 g/mol. The Bertz CT molecular complexity index is 1240. The van der Waals surface area contributed by atoms with Crippen molar-refractivity contribution >= 4 is 49.5 Å². The van der Waals surface area contributed by atoms with E-state index in [-0.39, 0.29) is 0 Å². The lowest BCUT2D eigenvalue weighted by atomic mass is 9.86. The first-order valence-corrected chi connectivity index (χ1v) is 12.5. The zero-order chi connectivity index (χ0) is 22.8. The van der Waals surface area contributed by atoms with Gasteiger partial charge in [-0.3, -0.25) is 0 Å². The molecule has 0 aliphatic heterocycles. The summed E-state index contributed by atoms with van der Waals surface area (Å²) in [6.07, 6.45) is 6.99. The van der Waals surface area contributed by atoms with Gasteiger partial charge in [-0.15, -0.1) is 0 Å². The number of halogens is 1. The third-order valence-electron chi connectivity index (χ3n) is 6.71. The molecule has 0 unspecified atom stereocenters. The molecule has 1 fully saturated rings. The zero-order valence-electron chi connectivity index (χ0n) is 19.2. The summed E-state index contributed by atoms with van der Waals surface area (Å²) >= 11 is 3.59. The van der Waals surface area contributed by atoms with Gasteiger partial charge in [-0.2, -0.15) is 4.98 Å². The number of nitrogens with zero attached hydrogens (tertiary/aromatic N) is 3. The van der Waals surface area contributed by atoms with Crippen molar-refractivity contribution in [3.63, 3.8) is 0 Å². The van der Waals surface area contributed by atoms with Crippen LogP contribution in [0.5, 0.6) is 0 Å². The highest BCUT2D eigenvalue weighted by atomic mass is 79.9. The Morgan fingerprint density at radius 3 is 2.67 bits per heavy atom. The van der Waals surface area contributed by atoms with Crippen molar-refractivity contribution in [2.45, 2.75) is 38.3 Å². The monoisotopic (exact) mass is 506 g/mol. The number of H-pyrrole nitrogens is 1. The maximum Gasteiger partial charge on any atom is 0.225 e. The quantitative estimate of drug-likeness (QED) is 0.300. The standard InChI is InChI=1S/C26H31BrN6/c1-33(2)25-21-5-3-4-6-24(21)31-26(32-25)30-14-17-7-10-20(11-8-17)28-15-18-16-29-23-12-9-19(27)13-22(18)23/h3-6,9,12-13,16-17,20,28-29H,7-8,10-11,14-15H2,1-2H3,(H,30,31,32). The fourth-order valence-electron chi connectivity index (χ4n) is 4.84. The van der Waals surface area contributed by atoms with Gasteiger partial charge in [0.25, 0.3) is 0 Å². The molecular weight excluding hydrogens is 476 g/mol. The summed E-state index contributed by atoms with van der Waals surface area (Å²) in [5, 5.41) is 9.68. The van der Waals surface area contributed by atoms with Crippen molar-refractivity contribution in [3.8, 4) is 0 Å². The van der Waals surface area contributed by atoms with Gasteiger partial charge in [0, 0.05) is 60.2 Å². The second-order valence-corrected chi connectivity index (χ2v) is 10.2. The molecule has 0 radical (unpaired) electrons. The lowest BCUT2D eigenvalue weighted by Crippen LogP contribution is -2.34. The minimum Gasteiger partial charge on any atom is -0.362 e. The van der Waals surface area contributed by atoms with Gasteiger partial charge in [0.2, 0.25) is 5.95 Å². The normalized spacial score (nSPS) is 18.6. The van der Waals surface area contributed by atoms with E-state index < -0.39 is 0 Å². The highest BCUT2D eigenvalue weighted by Gasteiger charge is 2.21. The minimum absolute atomic E-state index is 0.579. The lowest BCUT2D eigenvalue weighted by molar-refractivity contribution is 0.300. The number of nitrogens with one attached hydrogen (secondary N) is 3. The molecule has 172 valence electrons. The first kappa shape index (κ1) is 22.2. The van der Waals surface area contributed by atoms with Crippen LogP contribution < -0.4 is 15.5 Å². The number of rotatable bonds is 7. The van der Waals surface area contributed by atoms with Crippen LogP contribution in [0.1, 0.15) is 31.2 Å². The molecule has 1 aliphatic rings. The van der Waals surface area contributed by atoms with Crippen LogP contribution in [-0.2, 0) is 6.54 Å². The molecule has 0 saturated heterocycles. The van der Waals surface area contributed by atoms with Crippen LogP contribution in [0, 0.1) is 5.92 Å². The number of hydrogen-bond donors (Lipinski definition) is 3. The summed E-state index contributed by atoms with van der Waals surface area (Å²) in [4.78, 5) is 14.9. The van der Waals surface area contributed by atoms with Crippen molar-refractivity contribution < 1.29 is 0 Å². The predicted octanol–water partition coefficient (Wildman–Crippen LogP) is 5.70. The van der Waals surface area contributed by atoms with Crippen LogP contribution >= 0.6 is 15.9 Å². The lowest BCUT2D eigenvalue weighted by Gasteiger charge is -2.29. The van der Waals surface area contributed by atoms with Gasteiger partial charge in [0.1, 0.15) is 5.82 Å². The number of aromatic amines is 1. The predicted molar refractivity (Wildman–Crippen MR) is 141 cm³/mol. The van der Waals surface area contributed by atoms with Gasteiger partial charge in [-0.25, -0.2) is 4.98 Å². The third-order valence-corrected chi connectivity index (χ3v) is 7.21. The molecule has 0 bridgehead atoms. The van der Waals surface area contributed by atoms with E-state index in [2.05, 4.69) is 73.0 Å². The van der Waals surface area contributed by atoms with Crippen LogP contribution in [0.15, 0.2) is 53.1 Å². The first-order chi connectivity index (χ1) is 16.1. The van der Waals surface area contributed by atoms with E-state index in [1.54, 1.807) is 0 Å². The van der Waals surface area contributed by atoms with Crippen LogP contribution in [0.25, 0.3) is 21.8 Å². The number of anilines is 2. The zero-order valence-corrected chi connectivity index (χ0v) is 20.8. The van der Waals surface area contributed by atoms with Gasteiger partial charge in [0.05, 0.1) is 5.52 Å². The molecule has 6 nitrogen and oxygen atoms in total. The Morgan fingerprint density at radius 2 is 1.85 bits per heavy atom. The molecule has 1 aliphatic carbocycles. The Kier molecular flexibility index (Phi) is 6.51. The number of fused-ring (bicyclic) bond motifs is 2. The fourth-order valence-corrected chi connectivity index (χ4v) is 5.20. The van der Waals surface area contributed by atoms with Gasteiger partial charge in [-0.1, -0.05) is 28.1 Å². The van der Waals surface area contributed by atoms with Crippen molar-refractivity contribution in [2.24, 2.45) is 5.92 Å². The van der Waals surface area contributed by atoms with E-state index in [0.717, 1.165) is 40.2 Å². The Hall–Kier alpha value is -2.64. The molecule has 0 spiro atoms. The van der Waals surface area contributed by atoms with E-state index in [9.17, 15) is 0 Å². The topological polar surface area (TPSA) is 68.9 Å². The molecule has 1 saturated carbocycles. The summed E-state index contributed by atoms with van der Waals surface area (Å²) in [5.74, 6) is 2.34. The molecule has 2 heterocycles. The molecule has 3 N–H and O–H groups in total. The second kappa shape index (κ2) is 9.69. The van der Waals surface area contributed by atoms with Crippen molar-refractivity contribution in [3.05, 3.63) is 58.7 Å². The molecule has 4 aromatic rings. The van der Waals surface area contributed by atoms with Gasteiger partial charge < -0.3 is 20.5 Å². The van der Waals surface area contributed by atoms with Crippen molar-refractivity contribution in [2.75, 3.05) is 30.9 Å². The van der Waals surface area contributed by atoms with Crippen molar-refractivity contribution in [1.82, 2.24) is 20.3 Å². The molecule has 0 atom stereocenters. The summed E-state index contributed by atoms with van der Waals surface area (Å²) in [7, 11) is 4.06. The van der Waals surface area contributed by atoms with Crippen LogP contribution in [0.3, 0.4) is 0 Å². The summed E-state index contributed by atoms with van der Waals surface area (Å²) < 4.78 is 1.12. The molecular formula is C26H31BrN6. The average Bonchev–Trinajstić information content (AvgIpc) is 3.23. The van der Waals surface area contributed by atoms with E-state index in [1.807, 2.05) is 26.2 Å². The third kappa shape index (κ3) is 4.99. The number of para-hydroxylation sites is 1. The largest absolute Gasteiger partial charge is 0.362 e. The van der Waals surface area contributed by atoms with E-state index in [4.69, 9.17) is 9.97 Å². The minimum atomic E-state index is 0.579. The maximum atomic E-state index is 4.77. The van der Waals surface area contributed by atoms with Crippen LogP contribution in [0.4, 0.5) is 11.8 Å². The Balaban J connectivity index is 1.14. The van der Waals surface area contributed by atoms with Gasteiger partial charge in [0.15, 0.2) is 0 Å². The van der Waals surface area contributed by atoms with Crippen LogP contribution in [0.2, 0.25) is 0 Å². The van der Waals surface area contributed by atoms with Crippen LogP contribution in [-0.4, -0.2) is 41.6 Å². The van der Waals surface area contributed by atoms with Gasteiger partial charge >= 0.3 is 0 Å². The van der Waals surface area contributed by atoms with Gasteiger partial charge in [-0.05, 0) is 67.5 Å². The molecule has 2 aromatic carbocycles. The Labute approximate surface area is 203 Å². The number of benzene rings is 2. The highest BCUT2D eigenvalue weighted by molar-refractivity contribution is 9.10. The smallest absolute Gasteiger partial charge is 0.225 e. The van der Waals surface area contributed by atoms with E-state index in [1.165, 1.54) is 42.1 Å². The first-order valence-electron chi connectivity index (χ1n) is 11.7. The Morgan fingerprint density at radius 1 is 1.03 bits per heavy atom. The highest BCUT2D eigenvalue weighted by Crippen LogP contribution is 2.28. The maximum absolute atomic E-state index is 4.77. The molecule has 33 heavy (non-hydrogen) atoms. The summed E-state index contributed by atoms with van der Waals surface area (Å²) in [6, 6.07) is 15.2. The summed E-state index contributed by atoms with van der Waals surface area (Å²) in [5.41, 5.74) is 3.51. The molecule has 2 aromatic heterocycles.